The Morgan fingerprint density at radius 1 is 1.40 bits per heavy atom. The van der Waals surface area contributed by atoms with Crippen LogP contribution in [0.15, 0.2) is 21.1 Å². The van der Waals surface area contributed by atoms with E-state index in [0.717, 1.165) is 0 Å². The van der Waals surface area contributed by atoms with Gasteiger partial charge in [-0.25, -0.2) is 4.21 Å². The van der Waals surface area contributed by atoms with Crippen LogP contribution in [0.2, 0.25) is 0 Å². The minimum Gasteiger partial charge on any atom is -0.234 e. The maximum atomic E-state index is 11.6. The van der Waals surface area contributed by atoms with Gasteiger partial charge in [0.05, 0.1) is 11.0 Å². The topological polar surface area (TPSA) is 55.2 Å². The summed E-state index contributed by atoms with van der Waals surface area (Å²) >= 11 is 3.18. The molecule has 82 valence electrons. The molecule has 0 aliphatic carbocycles. The third-order valence-corrected chi connectivity index (χ3v) is 3.22. The average Bonchev–Trinajstić information content (AvgIpc) is 2.15. The first kappa shape index (κ1) is 12.4. The molecule has 0 radical (unpaired) electrons. The number of hydrogen-bond donors (Lipinski definition) is 0. The highest BCUT2D eigenvalue weighted by molar-refractivity contribution is 9.10. The van der Waals surface area contributed by atoms with Crippen molar-refractivity contribution in [1.29, 1.82) is 0 Å². The van der Waals surface area contributed by atoms with Crippen LogP contribution in [0.4, 0.5) is 0 Å². The maximum absolute atomic E-state index is 11.6. The monoisotopic (exact) mass is 289 g/mol. The Kier molecular flexibility index (Phi) is 4.10. The van der Waals surface area contributed by atoms with Gasteiger partial charge < -0.3 is 0 Å². The minimum absolute atomic E-state index is 0.348. The second kappa shape index (κ2) is 4.94. The Balaban J connectivity index is 2.74. The van der Waals surface area contributed by atoms with Crippen molar-refractivity contribution < 1.29 is 4.21 Å². The number of hydrogen-bond acceptors (Lipinski definition) is 3. The SMILES string of the molecule is CC(C)(C)[S@@](=O)/N=C/c1ccc(Br)nn1. The lowest BCUT2D eigenvalue weighted by Crippen LogP contribution is -2.19. The Labute approximate surface area is 99.9 Å². The van der Waals surface area contributed by atoms with E-state index in [1.165, 1.54) is 6.21 Å². The lowest BCUT2D eigenvalue weighted by Gasteiger charge is -2.12. The fraction of sp³-hybridized carbons (Fsp3) is 0.444. The van der Waals surface area contributed by atoms with Crippen molar-refractivity contribution in [3.63, 3.8) is 0 Å². The molecule has 0 aliphatic rings. The Morgan fingerprint density at radius 3 is 2.53 bits per heavy atom. The summed E-state index contributed by atoms with van der Waals surface area (Å²) in [6, 6.07) is 3.51. The normalized spacial score (nSPS) is 14.4. The molecule has 1 rings (SSSR count). The molecule has 0 saturated heterocycles. The molecular weight excluding hydrogens is 278 g/mol. The van der Waals surface area contributed by atoms with Crippen LogP contribution in [-0.2, 0) is 11.0 Å². The van der Waals surface area contributed by atoms with Gasteiger partial charge in [0, 0.05) is 0 Å². The van der Waals surface area contributed by atoms with Gasteiger partial charge in [0.2, 0.25) is 0 Å². The highest BCUT2D eigenvalue weighted by Crippen LogP contribution is 2.12. The highest BCUT2D eigenvalue weighted by atomic mass is 79.9. The standard InChI is InChI=1S/C9H12BrN3OS/c1-9(2,3)15(14)11-6-7-4-5-8(10)13-12-7/h4-6H,1-3H3/b11-6+/t15-/m1/s1. The van der Waals surface area contributed by atoms with E-state index in [1.807, 2.05) is 20.8 Å². The van der Waals surface area contributed by atoms with Gasteiger partial charge in [0.15, 0.2) is 0 Å². The van der Waals surface area contributed by atoms with Gasteiger partial charge in [0.25, 0.3) is 0 Å². The fourth-order valence-corrected chi connectivity index (χ4v) is 1.39. The van der Waals surface area contributed by atoms with Crippen molar-refractivity contribution >= 4 is 33.1 Å². The summed E-state index contributed by atoms with van der Waals surface area (Å²) in [7, 11) is -1.25. The quantitative estimate of drug-likeness (QED) is 0.784. The summed E-state index contributed by atoms with van der Waals surface area (Å²) < 4.78 is 15.8. The molecule has 1 heterocycles. The molecule has 1 aromatic heterocycles. The third kappa shape index (κ3) is 4.17. The lowest BCUT2D eigenvalue weighted by molar-refractivity contribution is 0.651. The van der Waals surface area contributed by atoms with Gasteiger partial charge in [-0.05, 0) is 48.8 Å². The first-order valence-corrected chi connectivity index (χ1v) is 6.25. The van der Waals surface area contributed by atoms with Crippen molar-refractivity contribution in [2.24, 2.45) is 4.40 Å². The zero-order chi connectivity index (χ0) is 11.5. The van der Waals surface area contributed by atoms with E-state index in [1.54, 1.807) is 12.1 Å². The van der Waals surface area contributed by atoms with Crippen LogP contribution in [0.5, 0.6) is 0 Å². The molecule has 15 heavy (non-hydrogen) atoms. The molecule has 0 N–H and O–H groups in total. The second-order valence-electron chi connectivity index (χ2n) is 3.88. The van der Waals surface area contributed by atoms with E-state index in [9.17, 15) is 4.21 Å². The number of aromatic nitrogens is 2. The van der Waals surface area contributed by atoms with Crippen molar-refractivity contribution in [3.05, 3.63) is 22.4 Å². The molecule has 0 aliphatic heterocycles. The zero-order valence-electron chi connectivity index (χ0n) is 8.77. The molecule has 6 heteroatoms. The summed E-state index contributed by atoms with van der Waals surface area (Å²) in [5, 5.41) is 7.65. The van der Waals surface area contributed by atoms with Crippen LogP contribution in [0, 0.1) is 0 Å². The van der Waals surface area contributed by atoms with Crippen LogP contribution >= 0.6 is 15.9 Å². The van der Waals surface area contributed by atoms with E-state index in [0.29, 0.717) is 10.3 Å². The molecule has 4 nitrogen and oxygen atoms in total. The van der Waals surface area contributed by atoms with Gasteiger partial charge in [-0.1, -0.05) is 0 Å². The zero-order valence-corrected chi connectivity index (χ0v) is 11.2. The maximum Gasteiger partial charge on any atom is 0.144 e. The summed E-state index contributed by atoms with van der Waals surface area (Å²) in [5.74, 6) is 0. The van der Waals surface area contributed by atoms with E-state index < -0.39 is 11.0 Å². The fourth-order valence-electron chi connectivity index (χ4n) is 0.655. The van der Waals surface area contributed by atoms with Crippen LogP contribution < -0.4 is 0 Å². The van der Waals surface area contributed by atoms with Gasteiger partial charge in [0.1, 0.15) is 21.3 Å². The van der Waals surface area contributed by atoms with Gasteiger partial charge >= 0.3 is 0 Å². The molecule has 1 aromatic rings. The molecule has 0 saturated carbocycles. The second-order valence-corrected chi connectivity index (χ2v) is 6.62. The summed E-state index contributed by atoms with van der Waals surface area (Å²) in [5.41, 5.74) is 0.593. The van der Waals surface area contributed by atoms with E-state index in [-0.39, 0.29) is 4.75 Å². The number of rotatable bonds is 2. The predicted octanol–water partition coefficient (Wildman–Crippen LogP) is 2.12. The molecular formula is C9H12BrN3OS. The van der Waals surface area contributed by atoms with Gasteiger partial charge in [-0.3, -0.25) is 0 Å². The van der Waals surface area contributed by atoms with Gasteiger partial charge in [-0.15, -0.1) is 10.2 Å². The number of nitrogens with zero attached hydrogens (tertiary/aromatic N) is 3. The summed E-state index contributed by atoms with van der Waals surface area (Å²) in [6.07, 6.45) is 1.47. The smallest absolute Gasteiger partial charge is 0.144 e. The third-order valence-electron chi connectivity index (χ3n) is 1.46. The molecule has 0 amide bonds. The Bertz CT molecular complexity index is 383. The predicted molar refractivity (Wildman–Crippen MR) is 65.2 cm³/mol. The lowest BCUT2D eigenvalue weighted by atomic mass is 10.3. The van der Waals surface area contributed by atoms with Gasteiger partial charge in [-0.2, -0.15) is 4.40 Å². The minimum atomic E-state index is -1.25. The molecule has 0 aromatic carbocycles. The Morgan fingerprint density at radius 2 is 2.07 bits per heavy atom. The number of halogens is 1. The molecule has 1 atom stereocenters. The van der Waals surface area contributed by atoms with E-state index >= 15 is 0 Å². The molecule has 0 bridgehead atoms. The van der Waals surface area contributed by atoms with E-state index in [2.05, 4.69) is 30.5 Å². The van der Waals surface area contributed by atoms with E-state index in [4.69, 9.17) is 0 Å². The summed E-state index contributed by atoms with van der Waals surface area (Å²) in [6.45, 7) is 5.61. The largest absolute Gasteiger partial charge is 0.234 e. The highest BCUT2D eigenvalue weighted by Gasteiger charge is 2.18. The van der Waals surface area contributed by atoms with Crippen molar-refractivity contribution in [3.8, 4) is 0 Å². The van der Waals surface area contributed by atoms with Crippen LogP contribution in [-0.4, -0.2) is 25.4 Å². The molecule has 0 fully saturated rings. The van der Waals surface area contributed by atoms with Crippen LogP contribution in [0.1, 0.15) is 26.5 Å². The van der Waals surface area contributed by atoms with Crippen LogP contribution in [0.3, 0.4) is 0 Å². The van der Waals surface area contributed by atoms with Crippen molar-refractivity contribution in [2.75, 3.05) is 0 Å². The first-order chi connectivity index (χ1) is 6.89. The first-order valence-electron chi connectivity index (χ1n) is 4.35. The Hall–Kier alpha value is -0.620. The molecule has 0 spiro atoms. The molecule has 0 unspecified atom stereocenters. The van der Waals surface area contributed by atoms with Crippen molar-refractivity contribution in [1.82, 2.24) is 10.2 Å². The van der Waals surface area contributed by atoms with Crippen molar-refractivity contribution in [2.45, 2.75) is 25.5 Å². The average molecular weight is 290 g/mol. The summed E-state index contributed by atoms with van der Waals surface area (Å²) in [4.78, 5) is 0. The van der Waals surface area contributed by atoms with Crippen LogP contribution in [0.25, 0.3) is 0 Å².